The third kappa shape index (κ3) is 2.80. The average Bonchev–Trinajstić information content (AvgIpc) is 3.04. The van der Waals surface area contributed by atoms with E-state index in [1.807, 2.05) is 10.3 Å². The molecule has 20 heavy (non-hydrogen) atoms. The zero-order chi connectivity index (χ0) is 13.9. The van der Waals surface area contributed by atoms with E-state index in [4.69, 9.17) is 5.11 Å². The molecule has 0 radical (unpaired) electrons. The van der Waals surface area contributed by atoms with Crippen molar-refractivity contribution in [3.05, 3.63) is 21.9 Å². The molecule has 1 aromatic heterocycles. The second-order valence-electron chi connectivity index (χ2n) is 5.03. The summed E-state index contributed by atoms with van der Waals surface area (Å²) in [6.45, 7) is 4.21. The fraction of sp³-hybridized carbons (Fsp3) is 0.500. The number of amides is 2. The monoisotopic (exact) mass is 291 g/mol. The van der Waals surface area contributed by atoms with Crippen molar-refractivity contribution in [2.75, 3.05) is 32.8 Å². The van der Waals surface area contributed by atoms with E-state index in [-0.39, 0.29) is 12.6 Å². The summed E-state index contributed by atoms with van der Waals surface area (Å²) in [6.07, 6.45) is 0. The maximum Gasteiger partial charge on any atom is 0.317 e. The Morgan fingerprint density at radius 3 is 3.25 bits per heavy atom. The van der Waals surface area contributed by atoms with Crippen molar-refractivity contribution < 1.29 is 9.90 Å². The molecular formula is C14H17N3O2S. The Labute approximate surface area is 122 Å². The van der Waals surface area contributed by atoms with Gasteiger partial charge in [0.25, 0.3) is 0 Å². The molecule has 0 saturated carbocycles. The average molecular weight is 291 g/mol. The normalized spacial score (nSPS) is 22.1. The summed E-state index contributed by atoms with van der Waals surface area (Å²) in [5.74, 6) is 5.59. The van der Waals surface area contributed by atoms with Crippen molar-refractivity contribution in [2.24, 2.45) is 0 Å². The maximum absolute atomic E-state index is 11.5. The van der Waals surface area contributed by atoms with E-state index in [0.717, 1.165) is 38.3 Å². The van der Waals surface area contributed by atoms with Crippen LogP contribution < -0.4 is 5.32 Å². The molecule has 2 aliphatic rings. The second-order valence-corrected chi connectivity index (χ2v) is 6.03. The van der Waals surface area contributed by atoms with Crippen LogP contribution in [0, 0.1) is 11.8 Å². The van der Waals surface area contributed by atoms with Gasteiger partial charge in [0.1, 0.15) is 6.61 Å². The minimum Gasteiger partial charge on any atom is -0.384 e. The van der Waals surface area contributed by atoms with Gasteiger partial charge >= 0.3 is 6.03 Å². The van der Waals surface area contributed by atoms with E-state index < -0.39 is 0 Å². The third-order valence-corrected chi connectivity index (χ3v) is 4.58. The van der Waals surface area contributed by atoms with Gasteiger partial charge < -0.3 is 15.3 Å². The third-order valence-electron chi connectivity index (χ3n) is 3.66. The van der Waals surface area contributed by atoms with E-state index in [2.05, 4.69) is 28.1 Å². The molecule has 3 heterocycles. The molecule has 0 spiro atoms. The molecule has 106 valence electrons. The highest BCUT2D eigenvalue weighted by Crippen LogP contribution is 2.20. The van der Waals surface area contributed by atoms with Crippen molar-refractivity contribution in [1.82, 2.24) is 15.1 Å². The molecule has 0 aliphatic carbocycles. The van der Waals surface area contributed by atoms with Crippen LogP contribution in [0.15, 0.2) is 11.4 Å². The lowest BCUT2D eigenvalue weighted by molar-refractivity contribution is 0.117. The first-order chi connectivity index (χ1) is 9.76. The summed E-state index contributed by atoms with van der Waals surface area (Å²) in [5, 5.41) is 13.6. The predicted octanol–water partition coefficient (Wildman–Crippen LogP) is 0.301. The maximum atomic E-state index is 11.5. The molecule has 2 saturated heterocycles. The van der Waals surface area contributed by atoms with Crippen LogP contribution in [0.1, 0.15) is 10.4 Å². The highest BCUT2D eigenvalue weighted by Gasteiger charge is 2.35. The number of rotatable bonds is 2. The van der Waals surface area contributed by atoms with Crippen LogP contribution in [-0.2, 0) is 6.54 Å². The van der Waals surface area contributed by atoms with Gasteiger partial charge in [-0.3, -0.25) is 4.90 Å². The number of fused-ring (bicyclic) bond motifs is 1. The molecule has 1 aromatic rings. The molecule has 1 unspecified atom stereocenters. The van der Waals surface area contributed by atoms with Crippen molar-refractivity contribution in [3.63, 3.8) is 0 Å². The van der Waals surface area contributed by atoms with Gasteiger partial charge in [0, 0.05) is 48.5 Å². The number of urea groups is 1. The Balaban J connectivity index is 1.59. The highest BCUT2D eigenvalue weighted by atomic mass is 32.1. The summed E-state index contributed by atoms with van der Waals surface area (Å²) < 4.78 is 0. The Kier molecular flexibility index (Phi) is 3.92. The van der Waals surface area contributed by atoms with Gasteiger partial charge in [-0.2, -0.15) is 0 Å². The summed E-state index contributed by atoms with van der Waals surface area (Å²) in [5.41, 5.74) is 0.968. The zero-order valence-electron chi connectivity index (χ0n) is 11.1. The molecule has 2 aliphatic heterocycles. The number of thiophene rings is 1. The van der Waals surface area contributed by atoms with Crippen molar-refractivity contribution in [1.29, 1.82) is 0 Å². The Morgan fingerprint density at radius 1 is 1.50 bits per heavy atom. The second kappa shape index (κ2) is 5.83. The van der Waals surface area contributed by atoms with Gasteiger partial charge in [0.15, 0.2) is 0 Å². The number of aliphatic hydroxyl groups is 1. The van der Waals surface area contributed by atoms with Gasteiger partial charge in [-0.25, -0.2) is 4.79 Å². The molecule has 5 nitrogen and oxygen atoms in total. The van der Waals surface area contributed by atoms with Crippen LogP contribution >= 0.6 is 11.3 Å². The number of aliphatic hydroxyl groups excluding tert-OH is 1. The molecular weight excluding hydrogens is 274 g/mol. The van der Waals surface area contributed by atoms with Gasteiger partial charge in [0.05, 0.1) is 6.04 Å². The highest BCUT2D eigenvalue weighted by molar-refractivity contribution is 7.10. The van der Waals surface area contributed by atoms with Crippen LogP contribution in [0.25, 0.3) is 0 Å². The number of piperazine rings is 1. The quantitative estimate of drug-likeness (QED) is 0.771. The van der Waals surface area contributed by atoms with Gasteiger partial charge in [-0.1, -0.05) is 11.8 Å². The number of hydrogen-bond acceptors (Lipinski definition) is 4. The van der Waals surface area contributed by atoms with Crippen LogP contribution in [-0.4, -0.2) is 59.8 Å². The molecule has 2 fully saturated rings. The summed E-state index contributed by atoms with van der Waals surface area (Å²) >= 11 is 1.70. The fourth-order valence-electron chi connectivity index (χ4n) is 2.70. The fourth-order valence-corrected chi connectivity index (χ4v) is 3.56. The smallest absolute Gasteiger partial charge is 0.317 e. The Bertz CT molecular complexity index is 560. The number of carbonyl (C=O) groups is 1. The molecule has 2 N–H and O–H groups in total. The topological polar surface area (TPSA) is 55.8 Å². The molecule has 0 bridgehead atoms. The number of nitrogens with zero attached hydrogens (tertiary/aromatic N) is 2. The molecule has 6 heteroatoms. The number of nitrogens with one attached hydrogen (secondary N) is 1. The van der Waals surface area contributed by atoms with E-state index in [1.165, 1.54) is 4.88 Å². The van der Waals surface area contributed by atoms with Crippen LogP contribution in [0.4, 0.5) is 4.79 Å². The Hall–Kier alpha value is -1.55. The first kappa shape index (κ1) is 13.4. The molecule has 3 rings (SSSR count). The number of carbonyl (C=O) groups excluding carboxylic acids is 1. The number of hydrogen-bond donors (Lipinski definition) is 2. The van der Waals surface area contributed by atoms with Gasteiger partial charge in [-0.05, 0) is 6.07 Å². The summed E-state index contributed by atoms with van der Waals surface area (Å²) in [4.78, 5) is 17.1. The van der Waals surface area contributed by atoms with Crippen LogP contribution in [0.5, 0.6) is 0 Å². The SMILES string of the molecule is O=C1NCC2CN(Cc3cc(C#CCO)cs3)CCN12. The summed E-state index contributed by atoms with van der Waals surface area (Å²) in [7, 11) is 0. The van der Waals surface area contributed by atoms with E-state index in [0.29, 0.717) is 6.04 Å². The van der Waals surface area contributed by atoms with E-state index >= 15 is 0 Å². The van der Waals surface area contributed by atoms with Crippen molar-refractivity contribution >= 4 is 17.4 Å². The predicted molar refractivity (Wildman–Crippen MR) is 77.5 cm³/mol. The minimum absolute atomic E-state index is 0.0762. The van der Waals surface area contributed by atoms with E-state index in [1.54, 1.807) is 11.3 Å². The Morgan fingerprint density at radius 2 is 2.40 bits per heavy atom. The standard InChI is InChI=1S/C14H17N3O2S/c18-5-1-2-11-6-13(20-10-11)9-16-3-4-17-12(8-16)7-15-14(17)19/h6,10,12,18H,3-5,7-9H2,(H,15,19). The summed E-state index contributed by atoms with van der Waals surface area (Å²) in [6, 6.07) is 2.47. The lowest BCUT2D eigenvalue weighted by Crippen LogP contribution is -2.51. The van der Waals surface area contributed by atoms with Crippen LogP contribution in [0.3, 0.4) is 0 Å². The van der Waals surface area contributed by atoms with E-state index in [9.17, 15) is 4.79 Å². The largest absolute Gasteiger partial charge is 0.384 e. The first-order valence-corrected chi connectivity index (χ1v) is 7.58. The van der Waals surface area contributed by atoms with Crippen molar-refractivity contribution in [2.45, 2.75) is 12.6 Å². The van der Waals surface area contributed by atoms with Crippen LogP contribution in [0.2, 0.25) is 0 Å². The van der Waals surface area contributed by atoms with Gasteiger partial charge in [0.2, 0.25) is 0 Å². The first-order valence-electron chi connectivity index (χ1n) is 6.70. The molecule has 2 amide bonds. The van der Waals surface area contributed by atoms with Gasteiger partial charge in [-0.15, -0.1) is 11.3 Å². The van der Waals surface area contributed by atoms with Crippen molar-refractivity contribution in [3.8, 4) is 11.8 Å². The zero-order valence-corrected chi connectivity index (χ0v) is 11.9. The minimum atomic E-state index is -0.101. The molecule has 1 atom stereocenters. The molecule has 0 aromatic carbocycles. The lowest BCUT2D eigenvalue weighted by Gasteiger charge is -2.36. The lowest BCUT2D eigenvalue weighted by atomic mass is 10.2.